The molecule has 3 fully saturated rings. The standard InChI is InChI=1S/C16H30N2O/c1-14-2-4-15(5-3-14)17-8-10-18(11-9-17)16-6-12-19-13-7-16/h14-16H,2-13H2,1H3. The first-order valence-electron chi connectivity index (χ1n) is 8.39. The van der Waals surface area contributed by atoms with Gasteiger partial charge in [0.1, 0.15) is 0 Å². The quantitative estimate of drug-likeness (QED) is 0.763. The Kier molecular flexibility index (Phi) is 4.78. The minimum atomic E-state index is 0.808. The molecular formula is C16H30N2O. The van der Waals surface area contributed by atoms with Crippen molar-refractivity contribution in [1.82, 2.24) is 9.80 Å². The SMILES string of the molecule is CC1CCC(N2CCN(C3CCOCC3)CC2)CC1. The van der Waals surface area contributed by atoms with Crippen molar-refractivity contribution in [1.29, 1.82) is 0 Å². The lowest BCUT2D eigenvalue weighted by molar-refractivity contribution is 0.00160. The summed E-state index contributed by atoms with van der Waals surface area (Å²) in [4.78, 5) is 5.51. The van der Waals surface area contributed by atoms with Gasteiger partial charge in [-0.05, 0) is 44.4 Å². The fourth-order valence-electron chi connectivity index (χ4n) is 4.13. The fraction of sp³-hybridized carbons (Fsp3) is 1.00. The van der Waals surface area contributed by atoms with Crippen LogP contribution in [0.5, 0.6) is 0 Å². The highest BCUT2D eigenvalue weighted by molar-refractivity contribution is 4.85. The lowest BCUT2D eigenvalue weighted by Gasteiger charge is -2.44. The highest BCUT2D eigenvalue weighted by atomic mass is 16.5. The highest BCUT2D eigenvalue weighted by Gasteiger charge is 2.29. The number of hydrogen-bond acceptors (Lipinski definition) is 3. The van der Waals surface area contributed by atoms with Crippen molar-refractivity contribution < 1.29 is 4.74 Å². The molecule has 0 radical (unpaired) electrons. The summed E-state index contributed by atoms with van der Waals surface area (Å²) >= 11 is 0. The molecule has 19 heavy (non-hydrogen) atoms. The normalized spacial score (nSPS) is 36.5. The number of piperazine rings is 1. The van der Waals surface area contributed by atoms with Crippen molar-refractivity contribution in [2.45, 2.75) is 57.5 Å². The second-order valence-corrected chi connectivity index (χ2v) is 6.83. The van der Waals surface area contributed by atoms with E-state index in [4.69, 9.17) is 4.74 Å². The first-order valence-corrected chi connectivity index (χ1v) is 8.39. The summed E-state index contributed by atoms with van der Waals surface area (Å²) in [7, 11) is 0. The molecule has 0 N–H and O–H groups in total. The van der Waals surface area contributed by atoms with Crippen molar-refractivity contribution in [3.8, 4) is 0 Å². The topological polar surface area (TPSA) is 15.7 Å². The zero-order valence-electron chi connectivity index (χ0n) is 12.5. The fourth-order valence-corrected chi connectivity index (χ4v) is 4.13. The molecule has 110 valence electrons. The van der Waals surface area contributed by atoms with Crippen molar-refractivity contribution in [3.63, 3.8) is 0 Å². The van der Waals surface area contributed by atoms with Gasteiger partial charge in [-0.3, -0.25) is 9.80 Å². The molecule has 3 heteroatoms. The molecule has 0 spiro atoms. The number of nitrogens with zero attached hydrogens (tertiary/aromatic N) is 2. The van der Waals surface area contributed by atoms with Crippen LogP contribution < -0.4 is 0 Å². The van der Waals surface area contributed by atoms with Gasteiger partial charge in [-0.1, -0.05) is 6.92 Å². The van der Waals surface area contributed by atoms with Crippen LogP contribution >= 0.6 is 0 Å². The Bertz CT molecular complexity index is 262. The van der Waals surface area contributed by atoms with Crippen molar-refractivity contribution in [2.75, 3.05) is 39.4 Å². The predicted octanol–water partition coefficient (Wildman–Crippen LogP) is 2.36. The van der Waals surface area contributed by atoms with Gasteiger partial charge in [-0.15, -0.1) is 0 Å². The maximum Gasteiger partial charge on any atom is 0.0480 e. The average molecular weight is 266 g/mol. The third kappa shape index (κ3) is 3.50. The van der Waals surface area contributed by atoms with Crippen LogP contribution in [-0.2, 0) is 4.74 Å². The molecule has 2 heterocycles. The molecule has 2 saturated heterocycles. The molecule has 3 aliphatic rings. The molecule has 0 aromatic heterocycles. The lowest BCUT2D eigenvalue weighted by Crippen LogP contribution is -2.54. The maximum absolute atomic E-state index is 5.48. The Balaban J connectivity index is 1.44. The summed E-state index contributed by atoms with van der Waals surface area (Å²) in [5, 5.41) is 0. The van der Waals surface area contributed by atoms with E-state index in [9.17, 15) is 0 Å². The summed E-state index contributed by atoms with van der Waals surface area (Å²) in [6, 6.07) is 1.70. The van der Waals surface area contributed by atoms with Crippen molar-refractivity contribution in [3.05, 3.63) is 0 Å². The summed E-state index contributed by atoms with van der Waals surface area (Å²) in [5.74, 6) is 0.972. The molecule has 0 unspecified atom stereocenters. The second-order valence-electron chi connectivity index (χ2n) is 6.83. The third-order valence-corrected chi connectivity index (χ3v) is 5.56. The van der Waals surface area contributed by atoms with Gasteiger partial charge in [-0.2, -0.15) is 0 Å². The van der Waals surface area contributed by atoms with Crippen LogP contribution in [0.1, 0.15) is 45.4 Å². The molecule has 1 aliphatic carbocycles. The van der Waals surface area contributed by atoms with Crippen LogP contribution in [0.3, 0.4) is 0 Å². The van der Waals surface area contributed by atoms with Gasteiger partial charge in [0.2, 0.25) is 0 Å². The Hall–Kier alpha value is -0.120. The molecule has 0 atom stereocenters. The van der Waals surface area contributed by atoms with E-state index < -0.39 is 0 Å². The van der Waals surface area contributed by atoms with Gasteiger partial charge in [0.05, 0.1) is 0 Å². The van der Waals surface area contributed by atoms with E-state index in [0.717, 1.165) is 31.2 Å². The molecule has 2 aliphatic heterocycles. The van der Waals surface area contributed by atoms with E-state index in [0.29, 0.717) is 0 Å². The maximum atomic E-state index is 5.48. The summed E-state index contributed by atoms with van der Waals surface area (Å²) in [6.07, 6.45) is 8.29. The van der Waals surface area contributed by atoms with Gasteiger partial charge in [0, 0.05) is 51.5 Å². The zero-order valence-corrected chi connectivity index (χ0v) is 12.5. The average Bonchev–Trinajstić information content (AvgIpc) is 2.49. The van der Waals surface area contributed by atoms with Gasteiger partial charge >= 0.3 is 0 Å². The molecule has 3 rings (SSSR count). The van der Waals surface area contributed by atoms with E-state index >= 15 is 0 Å². The Morgan fingerprint density at radius 3 is 1.68 bits per heavy atom. The minimum Gasteiger partial charge on any atom is -0.381 e. The molecule has 0 aromatic rings. The smallest absolute Gasteiger partial charge is 0.0480 e. The van der Waals surface area contributed by atoms with Gasteiger partial charge in [0.15, 0.2) is 0 Å². The Morgan fingerprint density at radius 2 is 1.16 bits per heavy atom. The molecule has 0 bridgehead atoms. The van der Waals surface area contributed by atoms with Gasteiger partial charge in [-0.25, -0.2) is 0 Å². The molecular weight excluding hydrogens is 236 g/mol. The molecule has 3 nitrogen and oxygen atoms in total. The third-order valence-electron chi connectivity index (χ3n) is 5.56. The number of ether oxygens (including phenoxy) is 1. The van der Waals surface area contributed by atoms with Crippen LogP contribution in [0.15, 0.2) is 0 Å². The lowest BCUT2D eigenvalue weighted by atomic mass is 9.86. The predicted molar refractivity (Wildman–Crippen MR) is 78.4 cm³/mol. The van der Waals surface area contributed by atoms with Crippen LogP contribution in [0, 0.1) is 5.92 Å². The minimum absolute atomic E-state index is 0.808. The van der Waals surface area contributed by atoms with Gasteiger partial charge < -0.3 is 4.74 Å². The number of hydrogen-bond donors (Lipinski definition) is 0. The van der Waals surface area contributed by atoms with Crippen LogP contribution in [0.25, 0.3) is 0 Å². The highest BCUT2D eigenvalue weighted by Crippen LogP contribution is 2.28. The van der Waals surface area contributed by atoms with E-state index in [1.54, 1.807) is 0 Å². The monoisotopic (exact) mass is 266 g/mol. The van der Waals surface area contributed by atoms with Gasteiger partial charge in [0.25, 0.3) is 0 Å². The largest absolute Gasteiger partial charge is 0.381 e. The van der Waals surface area contributed by atoms with Crippen LogP contribution in [0.2, 0.25) is 0 Å². The Labute approximate surface area is 118 Å². The van der Waals surface area contributed by atoms with E-state index in [2.05, 4.69) is 16.7 Å². The van der Waals surface area contributed by atoms with E-state index in [1.807, 2.05) is 0 Å². The van der Waals surface area contributed by atoms with Crippen LogP contribution in [-0.4, -0.2) is 61.3 Å². The van der Waals surface area contributed by atoms with Crippen LogP contribution in [0.4, 0.5) is 0 Å². The molecule has 0 amide bonds. The first-order chi connectivity index (χ1) is 9.33. The first kappa shape index (κ1) is 13.8. The number of rotatable bonds is 2. The second kappa shape index (κ2) is 6.55. The van der Waals surface area contributed by atoms with Crippen molar-refractivity contribution >= 4 is 0 Å². The van der Waals surface area contributed by atoms with E-state index in [1.165, 1.54) is 64.7 Å². The zero-order chi connectivity index (χ0) is 13.1. The molecule has 1 saturated carbocycles. The Morgan fingerprint density at radius 1 is 0.684 bits per heavy atom. The summed E-state index contributed by atoms with van der Waals surface area (Å²) in [5.41, 5.74) is 0. The molecule has 0 aromatic carbocycles. The van der Waals surface area contributed by atoms with Crippen molar-refractivity contribution in [2.24, 2.45) is 5.92 Å². The van der Waals surface area contributed by atoms with E-state index in [-0.39, 0.29) is 0 Å². The summed E-state index contributed by atoms with van der Waals surface area (Å²) < 4.78 is 5.48. The summed E-state index contributed by atoms with van der Waals surface area (Å²) in [6.45, 7) is 9.55.